The number of hydrogen-bond donors (Lipinski definition) is 0. The van der Waals surface area contributed by atoms with Gasteiger partial charge in [0.15, 0.2) is 0 Å². The van der Waals surface area contributed by atoms with Crippen LogP contribution in [0, 0.1) is 0 Å². The maximum Gasteiger partial charge on any atom is 0.228 e. The minimum atomic E-state index is -0.0132. The van der Waals surface area contributed by atoms with Gasteiger partial charge in [-0.25, -0.2) is 0 Å². The molecular formula is C22H17Cl2NO. The van der Waals surface area contributed by atoms with E-state index in [0.29, 0.717) is 23.0 Å². The molecule has 1 unspecified atom stereocenters. The van der Waals surface area contributed by atoms with Gasteiger partial charge >= 0.3 is 0 Å². The van der Waals surface area contributed by atoms with Crippen molar-refractivity contribution >= 4 is 45.6 Å². The van der Waals surface area contributed by atoms with E-state index in [0.717, 1.165) is 27.6 Å². The Morgan fingerprint density at radius 3 is 2.54 bits per heavy atom. The molecule has 0 aromatic heterocycles. The van der Waals surface area contributed by atoms with E-state index in [1.165, 1.54) is 0 Å². The van der Waals surface area contributed by atoms with Crippen LogP contribution in [0.4, 0.5) is 5.69 Å². The Kier molecular flexibility index (Phi) is 4.47. The fraction of sp³-hybridized carbons (Fsp3) is 0.136. The van der Waals surface area contributed by atoms with Crippen molar-refractivity contribution < 1.29 is 4.79 Å². The summed E-state index contributed by atoms with van der Waals surface area (Å²) in [6, 6.07) is 20.1. The Morgan fingerprint density at radius 1 is 1.08 bits per heavy atom. The summed E-state index contributed by atoms with van der Waals surface area (Å²) >= 11 is 12.1. The minimum absolute atomic E-state index is 0.0132. The molecule has 26 heavy (non-hydrogen) atoms. The van der Waals surface area contributed by atoms with E-state index in [2.05, 4.69) is 24.8 Å². The lowest BCUT2D eigenvalue weighted by Crippen LogP contribution is -2.37. The molecule has 1 amide bonds. The van der Waals surface area contributed by atoms with Gasteiger partial charge in [0.05, 0.1) is 6.54 Å². The molecule has 130 valence electrons. The maximum atomic E-state index is 12.9. The van der Waals surface area contributed by atoms with Gasteiger partial charge in [0, 0.05) is 28.1 Å². The van der Waals surface area contributed by atoms with E-state index in [1.54, 1.807) is 4.90 Å². The molecule has 0 N–H and O–H groups in total. The van der Waals surface area contributed by atoms with Crippen LogP contribution in [0.2, 0.25) is 5.02 Å². The average molecular weight is 382 g/mol. The van der Waals surface area contributed by atoms with Crippen LogP contribution in [0.25, 0.3) is 10.8 Å². The zero-order chi connectivity index (χ0) is 18.3. The van der Waals surface area contributed by atoms with E-state index in [9.17, 15) is 4.79 Å². The van der Waals surface area contributed by atoms with Crippen LogP contribution < -0.4 is 4.90 Å². The van der Waals surface area contributed by atoms with Crippen LogP contribution in [0.1, 0.15) is 23.5 Å². The second kappa shape index (κ2) is 6.79. The molecule has 0 saturated heterocycles. The monoisotopic (exact) mass is 381 g/mol. The molecule has 1 aliphatic heterocycles. The number of fused-ring (bicyclic) bond motifs is 3. The second-order valence-corrected chi connectivity index (χ2v) is 7.50. The molecule has 1 atom stereocenters. The lowest BCUT2D eigenvalue weighted by Gasteiger charge is -2.35. The summed E-state index contributed by atoms with van der Waals surface area (Å²) in [5.74, 6) is 0.0373. The number of amides is 1. The van der Waals surface area contributed by atoms with Crippen molar-refractivity contribution in [3.8, 4) is 0 Å². The topological polar surface area (TPSA) is 20.3 Å². The van der Waals surface area contributed by atoms with Gasteiger partial charge in [0.25, 0.3) is 0 Å². The van der Waals surface area contributed by atoms with Gasteiger partial charge in [0.2, 0.25) is 5.91 Å². The molecule has 0 fully saturated rings. The minimum Gasteiger partial charge on any atom is -0.307 e. The third-order valence-electron chi connectivity index (χ3n) is 4.87. The maximum absolute atomic E-state index is 12.9. The molecule has 0 bridgehead atoms. The van der Waals surface area contributed by atoms with E-state index in [1.807, 2.05) is 42.5 Å². The normalized spacial score (nSPS) is 16.6. The first-order chi connectivity index (χ1) is 12.5. The summed E-state index contributed by atoms with van der Waals surface area (Å²) in [6.45, 7) is 4.08. The molecule has 0 saturated carbocycles. The quantitative estimate of drug-likeness (QED) is 0.535. The van der Waals surface area contributed by atoms with Crippen LogP contribution in [0.3, 0.4) is 0 Å². The Labute approximate surface area is 162 Å². The predicted molar refractivity (Wildman–Crippen MR) is 109 cm³/mol. The summed E-state index contributed by atoms with van der Waals surface area (Å²) in [7, 11) is 0. The van der Waals surface area contributed by atoms with Crippen molar-refractivity contribution in [1.82, 2.24) is 0 Å². The number of benzene rings is 3. The van der Waals surface area contributed by atoms with Crippen LogP contribution in [0.15, 0.2) is 72.3 Å². The molecule has 1 aliphatic rings. The average Bonchev–Trinajstić information content (AvgIpc) is 2.63. The lowest BCUT2D eigenvalue weighted by molar-refractivity contribution is -0.119. The number of rotatable bonds is 3. The highest BCUT2D eigenvalue weighted by Gasteiger charge is 2.33. The summed E-state index contributed by atoms with van der Waals surface area (Å²) in [5.41, 5.74) is 3.15. The van der Waals surface area contributed by atoms with Gasteiger partial charge in [-0.1, -0.05) is 72.2 Å². The Balaban J connectivity index is 1.96. The lowest BCUT2D eigenvalue weighted by atomic mass is 9.81. The third-order valence-corrected chi connectivity index (χ3v) is 5.24. The van der Waals surface area contributed by atoms with Crippen molar-refractivity contribution in [3.63, 3.8) is 0 Å². The molecule has 0 radical (unpaired) electrons. The third kappa shape index (κ3) is 3.00. The fourth-order valence-corrected chi connectivity index (χ4v) is 3.98. The van der Waals surface area contributed by atoms with E-state index >= 15 is 0 Å². The highest BCUT2D eigenvalue weighted by molar-refractivity contribution is 6.30. The molecule has 4 heteroatoms. The smallest absolute Gasteiger partial charge is 0.228 e. The Bertz CT molecular complexity index is 1010. The largest absolute Gasteiger partial charge is 0.307 e. The second-order valence-electron chi connectivity index (χ2n) is 6.52. The SMILES string of the molecule is C=C(Cl)CN1C(=O)CC(c2ccc(Cl)cc2)c2c1ccc1ccccc21. The van der Waals surface area contributed by atoms with Gasteiger partial charge in [-0.15, -0.1) is 0 Å². The zero-order valence-corrected chi connectivity index (χ0v) is 15.6. The highest BCUT2D eigenvalue weighted by atomic mass is 35.5. The number of carbonyl (C=O) groups excluding carboxylic acids is 1. The van der Waals surface area contributed by atoms with Crippen LogP contribution in [0.5, 0.6) is 0 Å². The Morgan fingerprint density at radius 2 is 1.81 bits per heavy atom. The molecule has 3 aromatic rings. The fourth-order valence-electron chi connectivity index (χ4n) is 3.73. The van der Waals surface area contributed by atoms with Crippen LogP contribution >= 0.6 is 23.2 Å². The number of halogens is 2. The molecule has 0 aliphatic carbocycles. The number of nitrogens with zero attached hydrogens (tertiary/aromatic N) is 1. The van der Waals surface area contributed by atoms with Crippen molar-refractivity contribution in [2.24, 2.45) is 0 Å². The molecule has 0 spiro atoms. The standard InChI is InChI=1S/C22H17Cl2NO/c1-14(23)13-25-20-11-8-15-4-2-3-5-18(15)22(20)19(12-21(25)26)16-6-9-17(24)10-7-16/h2-11,19H,1,12-13H2. The highest BCUT2D eigenvalue weighted by Crippen LogP contribution is 2.44. The molecule has 3 aromatic carbocycles. The summed E-state index contributed by atoms with van der Waals surface area (Å²) in [4.78, 5) is 14.6. The molecular weight excluding hydrogens is 365 g/mol. The predicted octanol–water partition coefficient (Wildman–Crippen LogP) is 6.11. The number of anilines is 1. The summed E-state index contributed by atoms with van der Waals surface area (Å²) in [6.07, 6.45) is 0.396. The van der Waals surface area contributed by atoms with Crippen LogP contribution in [-0.4, -0.2) is 12.5 Å². The first-order valence-corrected chi connectivity index (χ1v) is 9.21. The molecule has 1 heterocycles. The van der Waals surface area contributed by atoms with Crippen molar-refractivity contribution in [3.05, 3.63) is 88.4 Å². The van der Waals surface area contributed by atoms with Gasteiger partial charge in [-0.05, 0) is 40.1 Å². The van der Waals surface area contributed by atoms with Gasteiger partial charge in [0.1, 0.15) is 0 Å². The van der Waals surface area contributed by atoms with Crippen molar-refractivity contribution in [2.45, 2.75) is 12.3 Å². The van der Waals surface area contributed by atoms with Gasteiger partial charge in [-0.3, -0.25) is 4.79 Å². The first-order valence-electron chi connectivity index (χ1n) is 8.45. The molecule has 2 nitrogen and oxygen atoms in total. The number of carbonyl (C=O) groups is 1. The first kappa shape index (κ1) is 17.1. The van der Waals surface area contributed by atoms with Crippen molar-refractivity contribution in [1.29, 1.82) is 0 Å². The number of hydrogen-bond acceptors (Lipinski definition) is 1. The molecule has 4 rings (SSSR count). The van der Waals surface area contributed by atoms with E-state index in [-0.39, 0.29) is 11.8 Å². The Hall–Kier alpha value is -2.29. The summed E-state index contributed by atoms with van der Waals surface area (Å²) < 4.78 is 0. The van der Waals surface area contributed by atoms with E-state index < -0.39 is 0 Å². The zero-order valence-electron chi connectivity index (χ0n) is 14.1. The van der Waals surface area contributed by atoms with Crippen LogP contribution in [-0.2, 0) is 4.79 Å². The van der Waals surface area contributed by atoms with Crippen molar-refractivity contribution in [2.75, 3.05) is 11.4 Å². The van der Waals surface area contributed by atoms with Gasteiger partial charge < -0.3 is 4.90 Å². The summed E-state index contributed by atoms with van der Waals surface area (Å²) in [5, 5.41) is 3.45. The van der Waals surface area contributed by atoms with Gasteiger partial charge in [-0.2, -0.15) is 0 Å². The van der Waals surface area contributed by atoms with E-state index in [4.69, 9.17) is 23.2 Å².